The van der Waals surface area contributed by atoms with Crippen LogP contribution >= 0.6 is 0 Å². The first-order valence-electron chi connectivity index (χ1n) is 9.02. The maximum Gasteiger partial charge on any atom is 0.191 e. The van der Waals surface area contributed by atoms with Crippen LogP contribution < -0.4 is 15.5 Å². The Hall–Kier alpha value is -2.50. The second-order valence-electron chi connectivity index (χ2n) is 6.28. The van der Waals surface area contributed by atoms with Gasteiger partial charge in [0.25, 0.3) is 0 Å². The largest absolute Gasteiger partial charge is 0.467 e. The van der Waals surface area contributed by atoms with Crippen molar-refractivity contribution in [3.8, 4) is 0 Å². The van der Waals surface area contributed by atoms with Crippen molar-refractivity contribution in [1.29, 1.82) is 0 Å². The Morgan fingerprint density at radius 3 is 2.68 bits per heavy atom. The Bertz CT molecular complexity index is 660. The zero-order chi connectivity index (χ0) is 17.3. The number of guanidine groups is 1. The van der Waals surface area contributed by atoms with Gasteiger partial charge in [0.05, 0.1) is 12.8 Å². The second-order valence-corrected chi connectivity index (χ2v) is 6.28. The summed E-state index contributed by atoms with van der Waals surface area (Å²) in [5.74, 6) is 2.72. The first-order chi connectivity index (χ1) is 12.3. The lowest BCUT2D eigenvalue weighted by molar-refractivity contribution is 0.501. The molecule has 0 saturated carbocycles. The molecule has 1 aliphatic heterocycles. The molecule has 1 aliphatic rings. The number of anilines is 1. The van der Waals surface area contributed by atoms with Crippen LogP contribution in [-0.4, -0.2) is 31.1 Å². The van der Waals surface area contributed by atoms with Gasteiger partial charge in [-0.25, -0.2) is 4.98 Å². The molecule has 0 radical (unpaired) electrons. The van der Waals surface area contributed by atoms with E-state index >= 15 is 0 Å². The van der Waals surface area contributed by atoms with Crippen LogP contribution in [0.25, 0.3) is 0 Å². The number of rotatable bonds is 5. The highest BCUT2D eigenvalue weighted by atomic mass is 16.3. The summed E-state index contributed by atoms with van der Waals surface area (Å²) in [5, 5.41) is 6.59. The fourth-order valence-electron chi connectivity index (χ4n) is 3.03. The van der Waals surface area contributed by atoms with Gasteiger partial charge in [0, 0.05) is 32.9 Å². The average molecular weight is 341 g/mol. The Morgan fingerprint density at radius 2 is 1.96 bits per heavy atom. The second kappa shape index (κ2) is 9.11. The van der Waals surface area contributed by atoms with Crippen LogP contribution in [0, 0.1) is 0 Å². The quantitative estimate of drug-likeness (QED) is 0.647. The molecule has 3 heterocycles. The molecule has 0 amide bonds. The van der Waals surface area contributed by atoms with Crippen molar-refractivity contribution < 1.29 is 4.42 Å². The number of pyridine rings is 1. The highest BCUT2D eigenvalue weighted by Gasteiger charge is 2.11. The summed E-state index contributed by atoms with van der Waals surface area (Å²) in [5.41, 5.74) is 1.20. The highest BCUT2D eigenvalue weighted by Crippen LogP contribution is 2.18. The predicted molar refractivity (Wildman–Crippen MR) is 101 cm³/mol. The molecule has 0 bridgehead atoms. The lowest BCUT2D eigenvalue weighted by Gasteiger charge is -2.22. The standard InChI is InChI=1S/C19H27N5O/c1-20-19(23-15-17-7-6-12-25-17)22-14-16-8-9-21-18(13-16)24-10-4-2-3-5-11-24/h6-9,12-13H,2-5,10-11,14-15H2,1H3,(H2,20,22,23). The fraction of sp³-hybridized carbons (Fsp3) is 0.474. The minimum Gasteiger partial charge on any atom is -0.467 e. The van der Waals surface area contributed by atoms with Crippen LogP contribution in [0.3, 0.4) is 0 Å². The molecule has 2 aromatic rings. The van der Waals surface area contributed by atoms with Crippen LogP contribution in [-0.2, 0) is 13.1 Å². The van der Waals surface area contributed by atoms with Crippen molar-refractivity contribution >= 4 is 11.8 Å². The van der Waals surface area contributed by atoms with E-state index in [2.05, 4.69) is 31.6 Å². The molecule has 0 aromatic carbocycles. The Morgan fingerprint density at radius 1 is 1.16 bits per heavy atom. The molecule has 2 N–H and O–H groups in total. The maximum absolute atomic E-state index is 5.33. The molecule has 0 spiro atoms. The first kappa shape index (κ1) is 17.3. The van der Waals surface area contributed by atoms with Crippen molar-refractivity contribution in [2.75, 3.05) is 25.0 Å². The van der Waals surface area contributed by atoms with Gasteiger partial charge in [-0.3, -0.25) is 4.99 Å². The number of aromatic nitrogens is 1. The lowest BCUT2D eigenvalue weighted by atomic mass is 10.2. The summed E-state index contributed by atoms with van der Waals surface area (Å²) in [6, 6.07) is 8.05. The molecule has 134 valence electrons. The number of furan rings is 1. The van der Waals surface area contributed by atoms with Gasteiger partial charge < -0.3 is 20.0 Å². The highest BCUT2D eigenvalue weighted by molar-refractivity contribution is 5.79. The van der Waals surface area contributed by atoms with E-state index in [0.29, 0.717) is 13.1 Å². The summed E-state index contributed by atoms with van der Waals surface area (Å²) in [4.78, 5) is 11.2. The van der Waals surface area contributed by atoms with E-state index in [0.717, 1.165) is 30.6 Å². The van der Waals surface area contributed by atoms with E-state index in [1.165, 1.54) is 31.2 Å². The smallest absolute Gasteiger partial charge is 0.191 e. The van der Waals surface area contributed by atoms with Crippen LogP contribution in [0.5, 0.6) is 0 Å². The van der Waals surface area contributed by atoms with E-state index in [4.69, 9.17) is 4.42 Å². The van der Waals surface area contributed by atoms with Gasteiger partial charge in [-0.2, -0.15) is 0 Å². The summed E-state index contributed by atoms with van der Waals surface area (Å²) in [7, 11) is 1.77. The van der Waals surface area contributed by atoms with Crippen molar-refractivity contribution in [2.45, 2.75) is 38.8 Å². The fourth-order valence-corrected chi connectivity index (χ4v) is 3.03. The number of hydrogen-bond acceptors (Lipinski definition) is 4. The zero-order valence-corrected chi connectivity index (χ0v) is 14.9. The zero-order valence-electron chi connectivity index (χ0n) is 14.9. The van der Waals surface area contributed by atoms with E-state index in [1.807, 2.05) is 24.4 Å². The van der Waals surface area contributed by atoms with Crippen LogP contribution in [0.2, 0.25) is 0 Å². The molecule has 6 heteroatoms. The Labute approximate surface area is 149 Å². The first-order valence-corrected chi connectivity index (χ1v) is 9.02. The summed E-state index contributed by atoms with van der Waals surface area (Å²) in [6.45, 7) is 3.54. The van der Waals surface area contributed by atoms with Gasteiger partial charge in [0.2, 0.25) is 0 Å². The third-order valence-corrected chi connectivity index (χ3v) is 4.43. The summed E-state index contributed by atoms with van der Waals surface area (Å²) < 4.78 is 5.33. The van der Waals surface area contributed by atoms with E-state index in [9.17, 15) is 0 Å². The molecule has 0 aliphatic carbocycles. The van der Waals surface area contributed by atoms with Crippen molar-refractivity contribution in [3.05, 3.63) is 48.0 Å². The molecule has 25 heavy (non-hydrogen) atoms. The molecule has 1 fully saturated rings. The molecule has 6 nitrogen and oxygen atoms in total. The summed E-state index contributed by atoms with van der Waals surface area (Å²) >= 11 is 0. The predicted octanol–water partition coefficient (Wildman–Crippen LogP) is 2.92. The van der Waals surface area contributed by atoms with Gasteiger partial charge in [-0.15, -0.1) is 0 Å². The topological polar surface area (TPSA) is 65.7 Å². The molecule has 1 saturated heterocycles. The van der Waals surface area contributed by atoms with Crippen LogP contribution in [0.1, 0.15) is 37.0 Å². The molecule has 3 rings (SSSR count). The molecule has 0 unspecified atom stereocenters. The number of nitrogens with zero attached hydrogens (tertiary/aromatic N) is 3. The minimum absolute atomic E-state index is 0.613. The van der Waals surface area contributed by atoms with Gasteiger partial charge in [-0.1, -0.05) is 12.8 Å². The van der Waals surface area contributed by atoms with Crippen LogP contribution in [0.15, 0.2) is 46.1 Å². The van der Waals surface area contributed by atoms with Gasteiger partial charge in [0.1, 0.15) is 11.6 Å². The Balaban J connectivity index is 1.54. The van der Waals surface area contributed by atoms with Gasteiger partial charge in [0.15, 0.2) is 5.96 Å². The van der Waals surface area contributed by atoms with Gasteiger partial charge in [-0.05, 0) is 42.7 Å². The molecular weight excluding hydrogens is 314 g/mol. The van der Waals surface area contributed by atoms with Crippen LogP contribution in [0.4, 0.5) is 5.82 Å². The van der Waals surface area contributed by atoms with Crippen molar-refractivity contribution in [2.24, 2.45) is 4.99 Å². The van der Waals surface area contributed by atoms with E-state index in [1.54, 1.807) is 13.3 Å². The normalized spacial score (nSPS) is 15.7. The minimum atomic E-state index is 0.613. The van der Waals surface area contributed by atoms with Gasteiger partial charge >= 0.3 is 0 Å². The van der Waals surface area contributed by atoms with E-state index in [-0.39, 0.29) is 0 Å². The average Bonchev–Trinajstić information content (AvgIpc) is 3.02. The third kappa shape index (κ3) is 5.24. The Kier molecular flexibility index (Phi) is 6.31. The maximum atomic E-state index is 5.33. The monoisotopic (exact) mass is 341 g/mol. The lowest BCUT2D eigenvalue weighted by Crippen LogP contribution is -2.36. The summed E-state index contributed by atoms with van der Waals surface area (Å²) in [6.07, 6.45) is 8.75. The van der Waals surface area contributed by atoms with E-state index < -0.39 is 0 Å². The molecular formula is C19H27N5O. The SMILES string of the molecule is CN=C(NCc1ccnc(N2CCCCCC2)c1)NCc1ccco1. The molecule has 2 aromatic heterocycles. The van der Waals surface area contributed by atoms with Crippen molar-refractivity contribution in [1.82, 2.24) is 15.6 Å². The number of hydrogen-bond donors (Lipinski definition) is 2. The van der Waals surface area contributed by atoms with Crippen molar-refractivity contribution in [3.63, 3.8) is 0 Å². The molecule has 0 atom stereocenters. The number of nitrogens with one attached hydrogen (secondary N) is 2. The number of aliphatic imine (C=N–C) groups is 1. The third-order valence-electron chi connectivity index (χ3n) is 4.43.